The first-order valence-corrected chi connectivity index (χ1v) is 6.92. The standard InChI is InChI=1S/C17H13NO4/c19-17(20)14-6-12-7-15-16(22-10-21-15)8-13(12)18(14)9-11-4-2-1-3-5-11/h1-8H,9-10H2,(H,19,20). The fraction of sp³-hybridized carbons (Fsp3) is 0.118. The minimum Gasteiger partial charge on any atom is -0.477 e. The zero-order chi connectivity index (χ0) is 15.1. The maximum atomic E-state index is 11.6. The SMILES string of the molecule is O=C(O)c1cc2cc3c(cc2n1Cc1ccccc1)OCO3. The number of hydrogen-bond acceptors (Lipinski definition) is 3. The van der Waals surface area contributed by atoms with Crippen LogP contribution in [0.3, 0.4) is 0 Å². The molecular weight excluding hydrogens is 282 g/mol. The number of aromatic carboxylic acids is 1. The van der Waals surface area contributed by atoms with Gasteiger partial charge in [0.25, 0.3) is 0 Å². The number of fused-ring (bicyclic) bond motifs is 2. The Kier molecular flexibility index (Phi) is 2.79. The van der Waals surface area contributed by atoms with Crippen molar-refractivity contribution in [3.8, 4) is 11.5 Å². The van der Waals surface area contributed by atoms with E-state index >= 15 is 0 Å². The van der Waals surface area contributed by atoms with Crippen molar-refractivity contribution in [2.45, 2.75) is 6.54 Å². The van der Waals surface area contributed by atoms with Crippen molar-refractivity contribution in [2.75, 3.05) is 6.79 Å². The molecule has 110 valence electrons. The number of aromatic nitrogens is 1. The second-order valence-corrected chi connectivity index (χ2v) is 5.17. The van der Waals surface area contributed by atoms with Gasteiger partial charge in [0.2, 0.25) is 6.79 Å². The minimum atomic E-state index is -0.950. The second kappa shape index (κ2) is 4.80. The van der Waals surface area contributed by atoms with Crippen LogP contribution in [0.15, 0.2) is 48.5 Å². The Balaban J connectivity index is 1.90. The fourth-order valence-electron chi connectivity index (χ4n) is 2.76. The van der Waals surface area contributed by atoms with E-state index in [4.69, 9.17) is 9.47 Å². The highest BCUT2D eigenvalue weighted by Gasteiger charge is 2.20. The van der Waals surface area contributed by atoms with Crippen LogP contribution < -0.4 is 9.47 Å². The van der Waals surface area contributed by atoms with Gasteiger partial charge in [-0.3, -0.25) is 0 Å². The molecule has 1 aliphatic heterocycles. The van der Waals surface area contributed by atoms with Gasteiger partial charge in [-0.05, 0) is 17.7 Å². The van der Waals surface area contributed by atoms with Crippen LogP contribution >= 0.6 is 0 Å². The summed E-state index contributed by atoms with van der Waals surface area (Å²) in [6.45, 7) is 0.692. The molecule has 1 aliphatic rings. The highest BCUT2D eigenvalue weighted by molar-refractivity contribution is 5.96. The summed E-state index contributed by atoms with van der Waals surface area (Å²) in [6.07, 6.45) is 0. The molecule has 5 nitrogen and oxygen atoms in total. The van der Waals surface area contributed by atoms with Gasteiger partial charge in [0.1, 0.15) is 5.69 Å². The van der Waals surface area contributed by atoms with Crippen molar-refractivity contribution >= 4 is 16.9 Å². The zero-order valence-electron chi connectivity index (χ0n) is 11.7. The first kappa shape index (κ1) is 12.8. The lowest BCUT2D eigenvalue weighted by atomic mass is 10.2. The predicted molar refractivity (Wildman–Crippen MR) is 80.6 cm³/mol. The van der Waals surface area contributed by atoms with Crippen LogP contribution in [0.2, 0.25) is 0 Å². The van der Waals surface area contributed by atoms with E-state index in [1.165, 1.54) is 0 Å². The Morgan fingerprint density at radius 3 is 2.55 bits per heavy atom. The lowest BCUT2D eigenvalue weighted by Gasteiger charge is -2.09. The van der Waals surface area contributed by atoms with Gasteiger partial charge in [-0.1, -0.05) is 30.3 Å². The van der Waals surface area contributed by atoms with Gasteiger partial charge in [-0.25, -0.2) is 4.79 Å². The number of nitrogens with zero attached hydrogens (tertiary/aromatic N) is 1. The molecule has 0 spiro atoms. The van der Waals surface area contributed by atoms with Crippen molar-refractivity contribution in [3.05, 3.63) is 59.8 Å². The summed E-state index contributed by atoms with van der Waals surface area (Å²) in [4.78, 5) is 11.6. The van der Waals surface area contributed by atoms with Crippen molar-refractivity contribution in [1.82, 2.24) is 4.57 Å². The van der Waals surface area contributed by atoms with Crippen LogP contribution in [-0.4, -0.2) is 22.4 Å². The van der Waals surface area contributed by atoms with E-state index in [0.717, 1.165) is 16.5 Å². The second-order valence-electron chi connectivity index (χ2n) is 5.17. The molecule has 2 heterocycles. The summed E-state index contributed by atoms with van der Waals surface area (Å²) >= 11 is 0. The van der Waals surface area contributed by atoms with E-state index in [0.29, 0.717) is 18.0 Å². The molecule has 0 atom stereocenters. The van der Waals surface area contributed by atoms with E-state index in [1.54, 1.807) is 10.6 Å². The lowest BCUT2D eigenvalue weighted by Crippen LogP contribution is -2.09. The fourth-order valence-corrected chi connectivity index (χ4v) is 2.76. The maximum absolute atomic E-state index is 11.6. The molecular formula is C17H13NO4. The molecule has 0 aliphatic carbocycles. The highest BCUT2D eigenvalue weighted by Crippen LogP contribution is 2.37. The summed E-state index contributed by atoms with van der Waals surface area (Å²) < 4.78 is 12.5. The number of ether oxygens (including phenoxy) is 2. The Morgan fingerprint density at radius 2 is 1.82 bits per heavy atom. The van der Waals surface area contributed by atoms with E-state index in [9.17, 15) is 9.90 Å². The number of rotatable bonds is 3. The van der Waals surface area contributed by atoms with Crippen molar-refractivity contribution < 1.29 is 19.4 Å². The van der Waals surface area contributed by atoms with Gasteiger partial charge in [0, 0.05) is 18.0 Å². The minimum absolute atomic E-state index is 0.201. The van der Waals surface area contributed by atoms with Crippen LogP contribution in [0.4, 0.5) is 0 Å². The Bertz CT molecular complexity index is 867. The average Bonchev–Trinajstić information content (AvgIpc) is 3.10. The van der Waals surface area contributed by atoms with Crippen molar-refractivity contribution in [1.29, 1.82) is 0 Å². The molecule has 1 N–H and O–H groups in total. The molecule has 0 saturated carbocycles. The normalized spacial score (nSPS) is 12.7. The monoisotopic (exact) mass is 295 g/mol. The molecule has 0 radical (unpaired) electrons. The number of carboxylic acid groups (broad SMARTS) is 1. The molecule has 0 saturated heterocycles. The van der Waals surface area contributed by atoms with Crippen LogP contribution in [0, 0.1) is 0 Å². The molecule has 5 heteroatoms. The Hall–Kier alpha value is -2.95. The van der Waals surface area contributed by atoms with Crippen molar-refractivity contribution in [3.63, 3.8) is 0 Å². The predicted octanol–water partition coefficient (Wildman–Crippen LogP) is 3.12. The molecule has 0 bridgehead atoms. The van der Waals surface area contributed by atoms with E-state index < -0.39 is 5.97 Å². The largest absolute Gasteiger partial charge is 0.477 e. The number of carbonyl (C=O) groups is 1. The van der Waals surface area contributed by atoms with Gasteiger partial charge in [-0.2, -0.15) is 0 Å². The molecule has 22 heavy (non-hydrogen) atoms. The molecule has 3 aromatic rings. The first-order valence-electron chi connectivity index (χ1n) is 6.92. The smallest absolute Gasteiger partial charge is 0.352 e. The van der Waals surface area contributed by atoms with Gasteiger partial charge in [0.15, 0.2) is 11.5 Å². The first-order chi connectivity index (χ1) is 10.7. The third-order valence-electron chi connectivity index (χ3n) is 3.80. The Labute approximate surface area is 126 Å². The van der Waals surface area contributed by atoms with Crippen molar-refractivity contribution in [2.24, 2.45) is 0 Å². The third-order valence-corrected chi connectivity index (χ3v) is 3.80. The Morgan fingerprint density at radius 1 is 1.09 bits per heavy atom. The maximum Gasteiger partial charge on any atom is 0.352 e. The van der Waals surface area contributed by atoms with Gasteiger partial charge in [0.05, 0.1) is 5.52 Å². The van der Waals surface area contributed by atoms with E-state index in [-0.39, 0.29) is 12.5 Å². The summed E-state index contributed by atoms with van der Waals surface area (Å²) in [6, 6.07) is 15.1. The molecule has 4 rings (SSSR count). The average molecular weight is 295 g/mol. The zero-order valence-corrected chi connectivity index (χ0v) is 11.7. The molecule has 0 amide bonds. The van der Waals surface area contributed by atoms with Crippen LogP contribution in [0.1, 0.15) is 16.1 Å². The van der Waals surface area contributed by atoms with Crippen LogP contribution in [0.25, 0.3) is 10.9 Å². The molecule has 0 unspecified atom stereocenters. The van der Waals surface area contributed by atoms with E-state index in [1.807, 2.05) is 42.5 Å². The number of hydrogen-bond donors (Lipinski definition) is 1. The van der Waals surface area contributed by atoms with Gasteiger partial charge < -0.3 is 19.1 Å². The summed E-state index contributed by atoms with van der Waals surface area (Å²) in [5.74, 6) is 0.354. The number of benzene rings is 2. The van der Waals surface area contributed by atoms with E-state index in [2.05, 4.69) is 0 Å². The molecule has 2 aromatic carbocycles. The third kappa shape index (κ3) is 1.98. The van der Waals surface area contributed by atoms with Gasteiger partial charge in [-0.15, -0.1) is 0 Å². The molecule has 1 aromatic heterocycles. The quantitative estimate of drug-likeness (QED) is 0.806. The molecule has 0 fully saturated rings. The lowest BCUT2D eigenvalue weighted by molar-refractivity contribution is 0.0686. The summed E-state index contributed by atoms with van der Waals surface area (Å²) in [7, 11) is 0. The highest BCUT2D eigenvalue weighted by atomic mass is 16.7. The number of carboxylic acids is 1. The van der Waals surface area contributed by atoms with Crippen LogP contribution in [0.5, 0.6) is 11.5 Å². The van der Waals surface area contributed by atoms with Gasteiger partial charge >= 0.3 is 5.97 Å². The summed E-state index contributed by atoms with van der Waals surface area (Å²) in [5.41, 5.74) is 2.12. The topological polar surface area (TPSA) is 60.7 Å². The van der Waals surface area contributed by atoms with Crippen LogP contribution in [-0.2, 0) is 6.54 Å². The summed E-state index contributed by atoms with van der Waals surface area (Å²) in [5, 5.41) is 10.3.